The fourth-order valence-corrected chi connectivity index (χ4v) is 5.90. The van der Waals surface area contributed by atoms with E-state index in [9.17, 15) is 13.2 Å². The zero-order valence-corrected chi connectivity index (χ0v) is 17.7. The molecule has 1 saturated heterocycles. The molecule has 0 radical (unpaired) electrons. The maximum atomic E-state index is 13.0. The van der Waals surface area contributed by atoms with Crippen LogP contribution in [0.3, 0.4) is 0 Å². The van der Waals surface area contributed by atoms with E-state index in [1.54, 1.807) is 6.07 Å². The summed E-state index contributed by atoms with van der Waals surface area (Å²) in [6, 6.07) is 4.55. The van der Waals surface area contributed by atoms with Gasteiger partial charge in [-0.3, -0.25) is 4.79 Å². The molecule has 7 heteroatoms. The van der Waals surface area contributed by atoms with E-state index in [0.29, 0.717) is 18.0 Å². The third kappa shape index (κ3) is 4.84. The molecule has 1 amide bonds. The molecule has 1 saturated carbocycles. The minimum atomic E-state index is -3.74. The molecule has 3 rings (SSSR count). The molecule has 1 aliphatic heterocycles. The van der Waals surface area contributed by atoms with Gasteiger partial charge < -0.3 is 4.90 Å². The number of sulfonamides is 1. The van der Waals surface area contributed by atoms with Gasteiger partial charge in [-0.25, -0.2) is 13.1 Å². The molecule has 1 N–H and O–H groups in total. The van der Waals surface area contributed by atoms with Gasteiger partial charge in [0, 0.05) is 25.2 Å². The second-order valence-corrected chi connectivity index (χ2v) is 10.4. The molecule has 150 valence electrons. The minimum absolute atomic E-state index is 0.0248. The highest BCUT2D eigenvalue weighted by molar-refractivity contribution is 7.89. The minimum Gasteiger partial charge on any atom is -0.338 e. The SMILES string of the molecule is CC(C)CNS(=O)(=O)c1cc(C(=O)N2CC[C@H]3CCCC[C@@H]3C2)ccc1Cl. The summed E-state index contributed by atoms with van der Waals surface area (Å²) in [5, 5.41) is 0.133. The number of hydrogen-bond donors (Lipinski definition) is 1. The lowest BCUT2D eigenvalue weighted by molar-refractivity contribution is 0.0520. The Bertz CT molecular complexity index is 794. The van der Waals surface area contributed by atoms with E-state index in [1.165, 1.54) is 37.8 Å². The van der Waals surface area contributed by atoms with Crippen LogP contribution in [0.15, 0.2) is 23.1 Å². The van der Waals surface area contributed by atoms with Crippen LogP contribution in [0.5, 0.6) is 0 Å². The van der Waals surface area contributed by atoms with Gasteiger partial charge in [-0.05, 0) is 48.8 Å². The van der Waals surface area contributed by atoms with Crippen LogP contribution in [-0.2, 0) is 10.0 Å². The van der Waals surface area contributed by atoms with Gasteiger partial charge in [0.05, 0.1) is 5.02 Å². The van der Waals surface area contributed by atoms with Crippen LogP contribution in [0.1, 0.15) is 56.3 Å². The van der Waals surface area contributed by atoms with Crippen molar-refractivity contribution in [3.8, 4) is 0 Å². The number of nitrogens with zero attached hydrogens (tertiary/aromatic N) is 1. The predicted molar refractivity (Wildman–Crippen MR) is 107 cm³/mol. The topological polar surface area (TPSA) is 66.5 Å². The summed E-state index contributed by atoms with van der Waals surface area (Å²) in [6.07, 6.45) is 6.06. The number of halogens is 1. The number of nitrogens with one attached hydrogen (secondary N) is 1. The highest BCUT2D eigenvalue weighted by Gasteiger charge is 2.33. The molecule has 1 heterocycles. The molecule has 5 nitrogen and oxygen atoms in total. The van der Waals surface area contributed by atoms with E-state index in [0.717, 1.165) is 25.4 Å². The average molecular weight is 413 g/mol. The van der Waals surface area contributed by atoms with Crippen molar-refractivity contribution in [2.24, 2.45) is 17.8 Å². The first-order valence-electron chi connectivity index (χ1n) is 9.86. The van der Waals surface area contributed by atoms with Crippen LogP contribution in [0.25, 0.3) is 0 Å². The van der Waals surface area contributed by atoms with Crippen molar-refractivity contribution in [1.82, 2.24) is 9.62 Å². The maximum Gasteiger partial charge on any atom is 0.253 e. The quantitative estimate of drug-likeness (QED) is 0.796. The highest BCUT2D eigenvalue weighted by atomic mass is 35.5. The average Bonchev–Trinajstić information content (AvgIpc) is 2.66. The first kappa shape index (κ1) is 20.6. The second kappa shape index (κ2) is 8.50. The maximum absolute atomic E-state index is 13.0. The Morgan fingerprint density at radius 3 is 2.63 bits per heavy atom. The standard InChI is InChI=1S/C20H29ClN2O3S/c1-14(2)12-22-27(25,26)19-11-16(7-8-18(19)21)20(24)23-10-9-15-5-3-4-6-17(15)13-23/h7-8,11,14-15,17,22H,3-6,9-10,12-13H2,1-2H3/t15-,17-/m1/s1. The smallest absolute Gasteiger partial charge is 0.253 e. The molecule has 2 fully saturated rings. The number of piperidine rings is 1. The van der Waals surface area contributed by atoms with Crippen LogP contribution in [-0.4, -0.2) is 38.9 Å². The summed E-state index contributed by atoms with van der Waals surface area (Å²) in [5.74, 6) is 1.40. The highest BCUT2D eigenvalue weighted by Crippen LogP contribution is 2.36. The first-order chi connectivity index (χ1) is 12.8. The lowest BCUT2D eigenvalue weighted by atomic mass is 9.75. The number of likely N-dealkylation sites (tertiary alicyclic amines) is 1. The molecule has 1 aliphatic carbocycles. The molecule has 0 unspecified atom stereocenters. The first-order valence-corrected chi connectivity index (χ1v) is 11.7. The largest absolute Gasteiger partial charge is 0.338 e. The number of amides is 1. The van der Waals surface area contributed by atoms with Gasteiger partial charge in [0.25, 0.3) is 5.91 Å². The monoisotopic (exact) mass is 412 g/mol. The lowest BCUT2D eigenvalue weighted by Gasteiger charge is -2.41. The van der Waals surface area contributed by atoms with Gasteiger partial charge in [0.15, 0.2) is 0 Å². The molecule has 27 heavy (non-hydrogen) atoms. The van der Waals surface area contributed by atoms with Crippen molar-refractivity contribution < 1.29 is 13.2 Å². The molecule has 2 aliphatic rings. The number of carbonyl (C=O) groups is 1. The fraction of sp³-hybridized carbons (Fsp3) is 0.650. The Labute approximate surface area is 167 Å². The number of carbonyl (C=O) groups excluding carboxylic acids is 1. The number of benzene rings is 1. The summed E-state index contributed by atoms with van der Waals surface area (Å²) in [4.78, 5) is 14.9. The summed E-state index contributed by atoms with van der Waals surface area (Å²) in [7, 11) is -3.74. The van der Waals surface area contributed by atoms with E-state index < -0.39 is 10.0 Å². The van der Waals surface area contributed by atoms with Crippen LogP contribution in [0.2, 0.25) is 5.02 Å². The Morgan fingerprint density at radius 2 is 1.93 bits per heavy atom. The van der Waals surface area contributed by atoms with Crippen molar-refractivity contribution in [2.45, 2.75) is 50.8 Å². The third-order valence-corrected chi connectivity index (χ3v) is 7.63. The number of hydrogen-bond acceptors (Lipinski definition) is 3. The Balaban J connectivity index is 1.78. The zero-order chi connectivity index (χ0) is 19.6. The van der Waals surface area contributed by atoms with E-state index in [1.807, 2.05) is 18.7 Å². The molecule has 1 aromatic carbocycles. The van der Waals surface area contributed by atoms with Crippen molar-refractivity contribution in [3.05, 3.63) is 28.8 Å². The van der Waals surface area contributed by atoms with Crippen molar-refractivity contribution in [1.29, 1.82) is 0 Å². The van der Waals surface area contributed by atoms with E-state index in [-0.39, 0.29) is 21.7 Å². The van der Waals surface area contributed by atoms with E-state index in [2.05, 4.69) is 4.72 Å². The van der Waals surface area contributed by atoms with Gasteiger partial charge in [0.1, 0.15) is 4.90 Å². The molecule has 0 spiro atoms. The summed E-state index contributed by atoms with van der Waals surface area (Å²) >= 11 is 6.13. The van der Waals surface area contributed by atoms with Crippen LogP contribution in [0.4, 0.5) is 0 Å². The molecular formula is C20H29ClN2O3S. The Hall–Kier alpha value is -1.11. The van der Waals surface area contributed by atoms with E-state index in [4.69, 9.17) is 11.6 Å². The van der Waals surface area contributed by atoms with Gasteiger partial charge >= 0.3 is 0 Å². The van der Waals surface area contributed by atoms with Crippen LogP contribution >= 0.6 is 11.6 Å². The molecule has 0 aromatic heterocycles. The van der Waals surface area contributed by atoms with Crippen LogP contribution < -0.4 is 4.72 Å². The van der Waals surface area contributed by atoms with Gasteiger partial charge in [-0.2, -0.15) is 0 Å². The predicted octanol–water partition coefficient (Wildman–Crippen LogP) is 3.93. The van der Waals surface area contributed by atoms with E-state index >= 15 is 0 Å². The molecule has 0 bridgehead atoms. The summed E-state index contributed by atoms with van der Waals surface area (Å²) in [6.45, 7) is 5.71. The third-order valence-electron chi connectivity index (χ3n) is 5.73. The Morgan fingerprint density at radius 1 is 1.22 bits per heavy atom. The summed E-state index contributed by atoms with van der Waals surface area (Å²) < 4.78 is 27.7. The fourth-order valence-electron chi connectivity index (χ4n) is 4.16. The van der Waals surface area contributed by atoms with Gasteiger partial charge in [-0.15, -0.1) is 0 Å². The molecular weight excluding hydrogens is 384 g/mol. The normalized spacial score (nSPS) is 23.3. The lowest BCUT2D eigenvalue weighted by Crippen LogP contribution is -2.44. The van der Waals surface area contributed by atoms with Crippen LogP contribution in [0, 0.1) is 17.8 Å². The molecule has 2 atom stereocenters. The second-order valence-electron chi connectivity index (χ2n) is 8.24. The van der Waals surface area contributed by atoms with Crippen molar-refractivity contribution in [3.63, 3.8) is 0 Å². The zero-order valence-electron chi connectivity index (χ0n) is 16.1. The number of rotatable bonds is 5. The van der Waals surface area contributed by atoms with Crippen molar-refractivity contribution in [2.75, 3.05) is 19.6 Å². The number of fused-ring (bicyclic) bond motifs is 1. The molecule has 1 aromatic rings. The van der Waals surface area contributed by atoms with Gasteiger partial charge in [0.2, 0.25) is 10.0 Å². The Kier molecular flexibility index (Phi) is 6.49. The van der Waals surface area contributed by atoms with Crippen molar-refractivity contribution >= 4 is 27.5 Å². The van der Waals surface area contributed by atoms with Gasteiger partial charge in [-0.1, -0.05) is 44.7 Å². The summed E-state index contributed by atoms with van der Waals surface area (Å²) in [5.41, 5.74) is 0.388.